The minimum absolute atomic E-state index is 0.165. The molecule has 1 saturated heterocycles. The van der Waals surface area contributed by atoms with Crippen molar-refractivity contribution in [1.29, 1.82) is 0 Å². The SMILES string of the molecule is C=C1NCCCN[C@@H](C)C(=O)N[C@@H](C)C(=O)N[C@H]1C. The molecule has 1 aliphatic heterocycles. The van der Waals surface area contributed by atoms with Gasteiger partial charge in [0.1, 0.15) is 6.04 Å². The summed E-state index contributed by atoms with van der Waals surface area (Å²) in [5, 5.41) is 11.8. The van der Waals surface area contributed by atoms with Crippen LogP contribution >= 0.6 is 0 Å². The van der Waals surface area contributed by atoms with Crippen LogP contribution in [0.5, 0.6) is 0 Å². The maximum Gasteiger partial charge on any atom is 0.242 e. The predicted octanol–water partition coefficient (Wildman–Crippen LogP) is -0.519. The molecule has 0 aromatic carbocycles. The molecule has 0 aromatic rings. The van der Waals surface area contributed by atoms with Crippen LogP contribution in [0.2, 0.25) is 0 Å². The Hall–Kier alpha value is -1.56. The van der Waals surface area contributed by atoms with Crippen molar-refractivity contribution in [2.45, 2.75) is 45.3 Å². The quantitative estimate of drug-likeness (QED) is 0.476. The van der Waals surface area contributed by atoms with Gasteiger partial charge >= 0.3 is 0 Å². The Morgan fingerprint density at radius 3 is 2.21 bits per heavy atom. The molecule has 1 rings (SSSR count). The lowest BCUT2D eigenvalue weighted by Gasteiger charge is -2.21. The molecule has 0 aromatic heterocycles. The molecule has 1 heterocycles. The minimum atomic E-state index is -0.562. The molecule has 0 spiro atoms. The molecule has 3 atom stereocenters. The summed E-state index contributed by atoms with van der Waals surface area (Å²) in [5.74, 6) is -0.378. The molecule has 1 fully saturated rings. The molecule has 19 heavy (non-hydrogen) atoms. The Morgan fingerprint density at radius 2 is 1.53 bits per heavy atom. The van der Waals surface area contributed by atoms with E-state index in [0.29, 0.717) is 0 Å². The third-order valence-corrected chi connectivity index (χ3v) is 3.18. The topological polar surface area (TPSA) is 82.3 Å². The van der Waals surface area contributed by atoms with Crippen LogP contribution in [0.25, 0.3) is 0 Å². The van der Waals surface area contributed by atoms with E-state index in [4.69, 9.17) is 0 Å². The lowest BCUT2D eigenvalue weighted by Crippen LogP contribution is -2.52. The number of carbonyl (C=O) groups is 2. The van der Waals surface area contributed by atoms with E-state index in [1.165, 1.54) is 0 Å². The van der Waals surface area contributed by atoms with Crippen molar-refractivity contribution in [2.75, 3.05) is 13.1 Å². The molecule has 0 bridgehead atoms. The first-order chi connectivity index (χ1) is 8.91. The zero-order valence-electron chi connectivity index (χ0n) is 11.9. The summed E-state index contributed by atoms with van der Waals surface area (Å²) in [4.78, 5) is 23.7. The van der Waals surface area contributed by atoms with E-state index < -0.39 is 6.04 Å². The van der Waals surface area contributed by atoms with Crippen LogP contribution in [0.1, 0.15) is 27.2 Å². The molecule has 0 radical (unpaired) electrons. The number of hydrogen-bond acceptors (Lipinski definition) is 4. The van der Waals surface area contributed by atoms with Gasteiger partial charge in [0.25, 0.3) is 0 Å². The fraction of sp³-hybridized carbons (Fsp3) is 0.692. The molecule has 6 heteroatoms. The van der Waals surface area contributed by atoms with Crippen molar-refractivity contribution in [3.8, 4) is 0 Å². The highest BCUT2D eigenvalue weighted by molar-refractivity contribution is 5.89. The highest BCUT2D eigenvalue weighted by Gasteiger charge is 2.21. The Balaban J connectivity index is 2.71. The lowest BCUT2D eigenvalue weighted by atomic mass is 10.2. The van der Waals surface area contributed by atoms with Gasteiger partial charge < -0.3 is 21.3 Å². The zero-order valence-corrected chi connectivity index (χ0v) is 11.9. The molecular formula is C13H24N4O2. The number of amides is 2. The van der Waals surface area contributed by atoms with E-state index in [1.54, 1.807) is 13.8 Å². The van der Waals surface area contributed by atoms with Crippen molar-refractivity contribution in [3.63, 3.8) is 0 Å². The van der Waals surface area contributed by atoms with Crippen LogP contribution in [0, 0.1) is 0 Å². The summed E-state index contributed by atoms with van der Waals surface area (Å²) in [5.41, 5.74) is 0.777. The van der Waals surface area contributed by atoms with Crippen LogP contribution in [0.4, 0.5) is 0 Å². The van der Waals surface area contributed by atoms with Crippen molar-refractivity contribution in [2.24, 2.45) is 0 Å². The van der Waals surface area contributed by atoms with E-state index in [1.807, 2.05) is 6.92 Å². The second kappa shape index (κ2) is 7.13. The number of rotatable bonds is 0. The molecule has 6 nitrogen and oxygen atoms in total. The first-order valence-electron chi connectivity index (χ1n) is 6.68. The Kier molecular flexibility index (Phi) is 5.82. The summed E-state index contributed by atoms with van der Waals surface area (Å²) in [6.07, 6.45) is 0.882. The largest absolute Gasteiger partial charge is 0.387 e. The van der Waals surface area contributed by atoms with Crippen LogP contribution < -0.4 is 21.3 Å². The van der Waals surface area contributed by atoms with E-state index in [0.717, 1.165) is 25.2 Å². The molecule has 1 aliphatic rings. The van der Waals surface area contributed by atoms with Crippen molar-refractivity contribution < 1.29 is 9.59 Å². The summed E-state index contributed by atoms with van der Waals surface area (Å²) in [6, 6.07) is -1.04. The summed E-state index contributed by atoms with van der Waals surface area (Å²) < 4.78 is 0. The van der Waals surface area contributed by atoms with Gasteiger partial charge in [-0.1, -0.05) is 6.58 Å². The molecule has 4 N–H and O–H groups in total. The maximum atomic E-state index is 11.9. The van der Waals surface area contributed by atoms with E-state index >= 15 is 0 Å². The Bertz CT molecular complexity index is 357. The van der Waals surface area contributed by atoms with Gasteiger partial charge in [0.05, 0.1) is 12.1 Å². The fourth-order valence-electron chi connectivity index (χ4n) is 1.73. The second-order valence-electron chi connectivity index (χ2n) is 4.94. The second-order valence-corrected chi connectivity index (χ2v) is 4.94. The van der Waals surface area contributed by atoms with Gasteiger partial charge in [0, 0.05) is 12.2 Å². The zero-order chi connectivity index (χ0) is 14.4. The summed E-state index contributed by atoms with van der Waals surface area (Å²) >= 11 is 0. The number of carbonyl (C=O) groups excluding carboxylic acids is 2. The first kappa shape index (κ1) is 15.5. The highest BCUT2D eigenvalue weighted by Crippen LogP contribution is 1.97. The number of hydrogen-bond donors (Lipinski definition) is 4. The highest BCUT2D eigenvalue weighted by atomic mass is 16.2. The smallest absolute Gasteiger partial charge is 0.242 e. The normalized spacial score (nSPS) is 31.1. The van der Waals surface area contributed by atoms with Crippen LogP contribution in [0.15, 0.2) is 12.3 Å². The molecule has 108 valence electrons. The predicted molar refractivity (Wildman–Crippen MR) is 74.4 cm³/mol. The van der Waals surface area contributed by atoms with Gasteiger partial charge in [0.15, 0.2) is 0 Å². The average molecular weight is 268 g/mol. The van der Waals surface area contributed by atoms with Gasteiger partial charge in [-0.15, -0.1) is 0 Å². The minimum Gasteiger partial charge on any atom is -0.387 e. The van der Waals surface area contributed by atoms with E-state index in [2.05, 4.69) is 27.8 Å². The summed E-state index contributed by atoms with van der Waals surface area (Å²) in [6.45, 7) is 10.7. The van der Waals surface area contributed by atoms with Crippen LogP contribution in [0.3, 0.4) is 0 Å². The van der Waals surface area contributed by atoms with Crippen LogP contribution in [-0.2, 0) is 9.59 Å². The third-order valence-electron chi connectivity index (χ3n) is 3.18. The van der Waals surface area contributed by atoms with Gasteiger partial charge in [-0.25, -0.2) is 0 Å². The molecule has 0 unspecified atom stereocenters. The lowest BCUT2D eigenvalue weighted by molar-refractivity contribution is -0.129. The summed E-state index contributed by atoms with van der Waals surface area (Å²) in [7, 11) is 0. The van der Waals surface area contributed by atoms with Gasteiger partial charge in [-0.3, -0.25) is 9.59 Å². The molecule has 2 amide bonds. The Labute approximate surface area is 114 Å². The monoisotopic (exact) mass is 268 g/mol. The van der Waals surface area contributed by atoms with Gasteiger partial charge in [0.2, 0.25) is 11.8 Å². The van der Waals surface area contributed by atoms with Crippen molar-refractivity contribution in [3.05, 3.63) is 12.3 Å². The molecular weight excluding hydrogens is 244 g/mol. The Morgan fingerprint density at radius 1 is 0.947 bits per heavy atom. The fourth-order valence-corrected chi connectivity index (χ4v) is 1.73. The third kappa shape index (κ3) is 4.90. The van der Waals surface area contributed by atoms with Crippen molar-refractivity contribution in [1.82, 2.24) is 21.3 Å². The standard InChI is InChI=1S/C13H24N4O2/c1-8-9(2)16-13(19)11(4)17-12(18)10(3)15-7-5-6-14-8/h9-11,14-15H,1,5-7H2,2-4H3,(H,16,19)(H,17,18)/t9-,10-,11-/m0/s1. The maximum absolute atomic E-state index is 11.9. The van der Waals surface area contributed by atoms with Crippen molar-refractivity contribution >= 4 is 11.8 Å². The van der Waals surface area contributed by atoms with E-state index in [-0.39, 0.29) is 23.9 Å². The van der Waals surface area contributed by atoms with E-state index in [9.17, 15) is 9.59 Å². The molecule has 0 saturated carbocycles. The van der Waals surface area contributed by atoms with Gasteiger partial charge in [-0.05, 0) is 33.7 Å². The number of nitrogens with one attached hydrogen (secondary N) is 4. The first-order valence-corrected chi connectivity index (χ1v) is 6.68. The van der Waals surface area contributed by atoms with Gasteiger partial charge in [-0.2, -0.15) is 0 Å². The van der Waals surface area contributed by atoms with Crippen LogP contribution in [-0.4, -0.2) is 43.0 Å². The average Bonchev–Trinajstić information content (AvgIpc) is 2.36. The molecule has 0 aliphatic carbocycles.